The zero-order chi connectivity index (χ0) is 11.3. The second-order valence-corrected chi connectivity index (χ2v) is 4.93. The molecular formula is C12H25NO2. The van der Waals surface area contributed by atoms with E-state index in [0.29, 0.717) is 6.61 Å². The minimum atomic E-state index is -0.723. The number of ether oxygens (including phenoxy) is 1. The Morgan fingerprint density at radius 3 is 2.73 bits per heavy atom. The van der Waals surface area contributed by atoms with Gasteiger partial charge in [-0.3, -0.25) is 0 Å². The molecule has 3 nitrogen and oxygen atoms in total. The van der Waals surface area contributed by atoms with Crippen molar-refractivity contribution in [2.75, 3.05) is 20.3 Å². The lowest BCUT2D eigenvalue weighted by atomic mass is 9.82. The fourth-order valence-corrected chi connectivity index (χ4v) is 2.36. The van der Waals surface area contributed by atoms with Crippen LogP contribution in [-0.2, 0) is 4.74 Å². The minimum absolute atomic E-state index is 0.181. The molecule has 1 fully saturated rings. The van der Waals surface area contributed by atoms with E-state index in [-0.39, 0.29) is 12.0 Å². The average molecular weight is 215 g/mol. The van der Waals surface area contributed by atoms with E-state index in [1.807, 2.05) is 0 Å². The van der Waals surface area contributed by atoms with Crippen LogP contribution in [0.15, 0.2) is 0 Å². The highest BCUT2D eigenvalue weighted by Crippen LogP contribution is 2.26. The van der Waals surface area contributed by atoms with Gasteiger partial charge in [0.15, 0.2) is 0 Å². The topological polar surface area (TPSA) is 41.5 Å². The molecule has 15 heavy (non-hydrogen) atoms. The number of methoxy groups -OCH3 is 1. The third kappa shape index (κ3) is 3.16. The normalized spacial score (nSPS) is 27.4. The standard InChI is InChI=1S/C12H25NO2/c1-10(2)12(14,9-15-3)11-7-5-4-6-8-13-11/h10-11,13-14H,4-9H2,1-3H3. The molecule has 0 amide bonds. The summed E-state index contributed by atoms with van der Waals surface area (Å²) < 4.78 is 5.17. The monoisotopic (exact) mass is 215 g/mol. The van der Waals surface area contributed by atoms with Gasteiger partial charge in [-0.05, 0) is 25.3 Å². The summed E-state index contributed by atoms with van der Waals surface area (Å²) in [6.07, 6.45) is 4.75. The molecule has 1 aliphatic heterocycles. The van der Waals surface area contributed by atoms with Crippen LogP contribution in [0.5, 0.6) is 0 Å². The van der Waals surface area contributed by atoms with E-state index in [2.05, 4.69) is 19.2 Å². The Labute approximate surface area is 93.2 Å². The summed E-state index contributed by atoms with van der Waals surface area (Å²) in [5.74, 6) is 0.216. The first-order valence-corrected chi connectivity index (χ1v) is 6.06. The zero-order valence-electron chi connectivity index (χ0n) is 10.3. The smallest absolute Gasteiger partial charge is 0.105 e. The predicted octanol–water partition coefficient (Wildman–Crippen LogP) is 1.55. The molecule has 0 aromatic rings. The maximum absolute atomic E-state index is 10.7. The van der Waals surface area contributed by atoms with Crippen LogP contribution in [0.2, 0.25) is 0 Å². The highest BCUT2D eigenvalue weighted by molar-refractivity contribution is 4.94. The van der Waals surface area contributed by atoms with Crippen molar-refractivity contribution in [1.29, 1.82) is 0 Å². The van der Waals surface area contributed by atoms with Crippen molar-refractivity contribution in [3.63, 3.8) is 0 Å². The van der Waals surface area contributed by atoms with Gasteiger partial charge in [-0.2, -0.15) is 0 Å². The average Bonchev–Trinajstić information content (AvgIpc) is 2.45. The van der Waals surface area contributed by atoms with Gasteiger partial charge in [0.2, 0.25) is 0 Å². The Kier molecular flexibility index (Phi) is 5.03. The highest BCUT2D eigenvalue weighted by atomic mass is 16.5. The summed E-state index contributed by atoms with van der Waals surface area (Å²) in [4.78, 5) is 0. The summed E-state index contributed by atoms with van der Waals surface area (Å²) in [5.41, 5.74) is -0.723. The lowest BCUT2D eigenvalue weighted by molar-refractivity contribution is -0.0905. The number of hydrogen-bond acceptors (Lipinski definition) is 3. The molecule has 2 atom stereocenters. The van der Waals surface area contributed by atoms with Crippen LogP contribution in [0.25, 0.3) is 0 Å². The van der Waals surface area contributed by atoms with Gasteiger partial charge in [0, 0.05) is 13.2 Å². The van der Waals surface area contributed by atoms with Gasteiger partial charge in [0.25, 0.3) is 0 Å². The molecule has 0 aliphatic carbocycles. The van der Waals surface area contributed by atoms with Crippen molar-refractivity contribution < 1.29 is 9.84 Å². The van der Waals surface area contributed by atoms with Crippen LogP contribution < -0.4 is 5.32 Å². The highest BCUT2D eigenvalue weighted by Gasteiger charge is 2.39. The molecule has 1 saturated heterocycles. The first kappa shape index (κ1) is 12.9. The molecule has 2 N–H and O–H groups in total. The number of nitrogens with one attached hydrogen (secondary N) is 1. The Hall–Kier alpha value is -0.120. The molecule has 1 rings (SSSR count). The van der Waals surface area contributed by atoms with E-state index in [9.17, 15) is 5.11 Å². The van der Waals surface area contributed by atoms with Gasteiger partial charge < -0.3 is 15.2 Å². The maximum Gasteiger partial charge on any atom is 0.105 e. The van der Waals surface area contributed by atoms with E-state index >= 15 is 0 Å². The van der Waals surface area contributed by atoms with Gasteiger partial charge >= 0.3 is 0 Å². The van der Waals surface area contributed by atoms with Crippen LogP contribution in [0.1, 0.15) is 39.5 Å². The van der Waals surface area contributed by atoms with Crippen LogP contribution in [0.4, 0.5) is 0 Å². The van der Waals surface area contributed by atoms with Crippen LogP contribution >= 0.6 is 0 Å². The second-order valence-electron chi connectivity index (χ2n) is 4.93. The van der Waals surface area contributed by atoms with E-state index in [1.54, 1.807) is 7.11 Å². The third-order valence-corrected chi connectivity index (χ3v) is 3.54. The van der Waals surface area contributed by atoms with E-state index in [4.69, 9.17) is 4.74 Å². The first-order valence-electron chi connectivity index (χ1n) is 6.06. The van der Waals surface area contributed by atoms with Crippen molar-refractivity contribution in [3.05, 3.63) is 0 Å². The van der Waals surface area contributed by atoms with Crippen molar-refractivity contribution in [2.45, 2.75) is 51.2 Å². The van der Waals surface area contributed by atoms with Crippen molar-refractivity contribution in [1.82, 2.24) is 5.32 Å². The summed E-state index contributed by atoms with van der Waals surface area (Å²) >= 11 is 0. The fraction of sp³-hybridized carbons (Fsp3) is 1.00. The maximum atomic E-state index is 10.7. The Balaban J connectivity index is 2.68. The SMILES string of the molecule is COCC(O)(C(C)C)C1CCCCCN1. The number of rotatable bonds is 4. The quantitative estimate of drug-likeness (QED) is 0.747. The predicted molar refractivity (Wildman–Crippen MR) is 61.9 cm³/mol. The molecule has 3 heteroatoms. The molecule has 0 radical (unpaired) electrons. The molecule has 1 heterocycles. The van der Waals surface area contributed by atoms with E-state index in [0.717, 1.165) is 13.0 Å². The van der Waals surface area contributed by atoms with Crippen LogP contribution in [0, 0.1) is 5.92 Å². The van der Waals surface area contributed by atoms with Gasteiger partial charge in [-0.25, -0.2) is 0 Å². The zero-order valence-corrected chi connectivity index (χ0v) is 10.3. The van der Waals surface area contributed by atoms with Crippen LogP contribution in [-0.4, -0.2) is 37.0 Å². The van der Waals surface area contributed by atoms with Crippen molar-refractivity contribution in [3.8, 4) is 0 Å². The van der Waals surface area contributed by atoms with Gasteiger partial charge in [0.05, 0.1) is 6.61 Å². The molecule has 2 unspecified atom stereocenters. The summed E-state index contributed by atoms with van der Waals surface area (Å²) in [6.45, 7) is 5.56. The Morgan fingerprint density at radius 1 is 1.40 bits per heavy atom. The second kappa shape index (κ2) is 5.83. The summed E-state index contributed by atoms with van der Waals surface area (Å²) in [5, 5.41) is 14.1. The number of aliphatic hydroxyl groups is 1. The molecule has 0 spiro atoms. The molecular weight excluding hydrogens is 190 g/mol. The third-order valence-electron chi connectivity index (χ3n) is 3.54. The minimum Gasteiger partial charge on any atom is -0.386 e. The lowest BCUT2D eigenvalue weighted by Crippen LogP contribution is -2.56. The van der Waals surface area contributed by atoms with Gasteiger partial charge in [-0.1, -0.05) is 26.7 Å². The van der Waals surface area contributed by atoms with E-state index < -0.39 is 5.60 Å². The Bertz CT molecular complexity index is 176. The molecule has 90 valence electrons. The fourth-order valence-electron chi connectivity index (χ4n) is 2.36. The summed E-state index contributed by atoms with van der Waals surface area (Å²) in [7, 11) is 1.66. The van der Waals surface area contributed by atoms with Gasteiger partial charge in [0.1, 0.15) is 5.60 Å². The number of hydrogen-bond donors (Lipinski definition) is 2. The molecule has 0 bridgehead atoms. The first-order chi connectivity index (χ1) is 7.11. The lowest BCUT2D eigenvalue weighted by Gasteiger charge is -2.39. The Morgan fingerprint density at radius 2 is 2.13 bits per heavy atom. The summed E-state index contributed by atoms with van der Waals surface area (Å²) in [6, 6.07) is 0.181. The molecule has 0 aromatic carbocycles. The van der Waals surface area contributed by atoms with Gasteiger partial charge in [-0.15, -0.1) is 0 Å². The largest absolute Gasteiger partial charge is 0.386 e. The van der Waals surface area contributed by atoms with Crippen LogP contribution in [0.3, 0.4) is 0 Å². The molecule has 1 aliphatic rings. The van der Waals surface area contributed by atoms with E-state index in [1.165, 1.54) is 19.3 Å². The van der Waals surface area contributed by atoms with Crippen molar-refractivity contribution >= 4 is 0 Å². The molecule has 0 saturated carbocycles. The van der Waals surface area contributed by atoms with Crippen molar-refractivity contribution in [2.24, 2.45) is 5.92 Å². The molecule has 0 aromatic heterocycles.